The van der Waals surface area contributed by atoms with E-state index in [-0.39, 0.29) is 28.4 Å². The molecule has 24 atom stereocenters. The third-order valence-electron chi connectivity index (χ3n) is 15.2. The number of ether oxygens (including phenoxy) is 14. The van der Waals surface area contributed by atoms with Crippen molar-refractivity contribution in [3.05, 3.63) is 102 Å². The summed E-state index contributed by atoms with van der Waals surface area (Å²) in [6.07, 6.45) is -41.0. The van der Waals surface area contributed by atoms with Gasteiger partial charge in [-0.05, 0) is 66.6 Å². The minimum atomic E-state index is -2.96. The molecular weight excluding hydrogens is 1210 g/mol. The highest BCUT2D eigenvalue weighted by molar-refractivity contribution is 5.90. The molecule has 5 saturated heterocycles. The molecule has 0 spiro atoms. The second kappa shape index (κ2) is 30.8. The van der Waals surface area contributed by atoms with Gasteiger partial charge in [-0.25, -0.2) is 14.4 Å². The van der Waals surface area contributed by atoms with Gasteiger partial charge in [0, 0.05) is 19.1 Å². The Bertz CT molecular complexity index is 2910. The number of rotatable bonds is 23. The Labute approximate surface area is 511 Å². The number of phenols is 1. The van der Waals surface area contributed by atoms with E-state index in [1.807, 2.05) is 0 Å². The number of phenolic OH excluding ortho intramolecular Hbond substituents is 1. The quantitative estimate of drug-likeness (QED) is 0.0240. The van der Waals surface area contributed by atoms with Crippen LogP contribution in [0.25, 0.3) is 12.2 Å². The Morgan fingerprint density at radius 2 is 1.11 bits per heavy atom. The molecule has 3 aromatic carbocycles. The van der Waals surface area contributed by atoms with E-state index in [1.165, 1.54) is 92.9 Å². The van der Waals surface area contributed by atoms with E-state index in [0.717, 1.165) is 19.1 Å². The second-order valence-corrected chi connectivity index (χ2v) is 21.4. The van der Waals surface area contributed by atoms with E-state index < -0.39 is 204 Å². The molecule has 0 saturated carbocycles. The summed E-state index contributed by atoms with van der Waals surface area (Å²) in [4.78, 5) is 54.8. The van der Waals surface area contributed by atoms with Crippen molar-refractivity contribution in [1.29, 1.82) is 0 Å². The fourth-order valence-electron chi connectivity index (χ4n) is 10.2. The zero-order valence-corrected chi connectivity index (χ0v) is 48.2. The molecule has 5 fully saturated rings. The Kier molecular flexibility index (Phi) is 23.8. The van der Waals surface area contributed by atoms with Crippen LogP contribution in [0.2, 0.25) is 0 Å². The number of hydrogen-bond acceptors (Lipinski definition) is 32. The Hall–Kier alpha value is -6.42. The van der Waals surface area contributed by atoms with Gasteiger partial charge < -0.3 is 138 Å². The number of aromatic hydroxyl groups is 1. The topological polar surface area (TPSA) is 481 Å². The average molecular weight is 1280 g/mol. The maximum absolute atomic E-state index is 14.3. The van der Waals surface area contributed by atoms with Crippen LogP contribution in [0.3, 0.4) is 0 Å². The largest absolute Gasteiger partial charge is 0.504 e. The molecule has 0 bridgehead atoms. The Morgan fingerprint density at radius 3 is 1.71 bits per heavy atom. The third-order valence-corrected chi connectivity index (χ3v) is 15.2. The number of methoxy groups -OCH3 is 1. The molecule has 0 aromatic heterocycles. The molecule has 496 valence electrons. The first-order valence-corrected chi connectivity index (χ1v) is 28.1. The number of carbonyl (C=O) groups excluding carboxylic acids is 4. The zero-order valence-electron chi connectivity index (χ0n) is 48.2. The first-order valence-electron chi connectivity index (χ1n) is 28.1. The number of hydrogen-bond donors (Lipinski definition) is 14. The summed E-state index contributed by atoms with van der Waals surface area (Å²) in [6.45, 7) is -2.94. The first-order chi connectivity index (χ1) is 42.9. The lowest BCUT2D eigenvalue weighted by atomic mass is 9.95. The van der Waals surface area contributed by atoms with Gasteiger partial charge in [0.1, 0.15) is 117 Å². The molecule has 32 nitrogen and oxygen atoms in total. The van der Waals surface area contributed by atoms with Gasteiger partial charge in [0.25, 0.3) is 0 Å². The Balaban J connectivity index is 1.22. The van der Waals surface area contributed by atoms with Crippen LogP contribution in [0.15, 0.2) is 84.9 Å². The van der Waals surface area contributed by atoms with Crippen LogP contribution < -0.4 is 9.47 Å². The molecule has 14 N–H and O–H groups in total. The van der Waals surface area contributed by atoms with Gasteiger partial charge in [0.15, 0.2) is 42.6 Å². The lowest BCUT2D eigenvalue weighted by Gasteiger charge is -2.50. The number of benzene rings is 3. The van der Waals surface area contributed by atoms with Gasteiger partial charge in [-0.1, -0.05) is 36.4 Å². The van der Waals surface area contributed by atoms with Gasteiger partial charge in [0.05, 0.1) is 38.6 Å². The summed E-state index contributed by atoms with van der Waals surface area (Å²) in [7, 11) is 1.28. The lowest BCUT2D eigenvalue weighted by Crippen LogP contribution is -2.69. The van der Waals surface area contributed by atoms with Crippen LogP contribution in [-0.4, -0.2) is 282 Å². The van der Waals surface area contributed by atoms with E-state index in [4.69, 9.17) is 66.3 Å². The van der Waals surface area contributed by atoms with Crippen LogP contribution in [0.1, 0.15) is 35.3 Å². The summed E-state index contributed by atoms with van der Waals surface area (Å²) in [6, 6.07) is 16.8. The van der Waals surface area contributed by atoms with Gasteiger partial charge >= 0.3 is 23.9 Å². The summed E-state index contributed by atoms with van der Waals surface area (Å²) in [5.41, 5.74) is 0.443. The highest BCUT2D eigenvalue weighted by Gasteiger charge is 2.64. The van der Waals surface area contributed by atoms with Crippen LogP contribution in [0.4, 0.5) is 0 Å². The SMILES string of the molecule is COc1cc(/C=C/C(=O)OC[C@@]2(O[C@H]3O[C@H](COC(C)=O)[C@@H](OC(=O)/C=C\c4ccc(O[C@@H]5O[C@@H](C)[C@H](O)[C@@H](O)[C@@H]5O)cc4)[C@H](O[C@@H]4O[C@H](CO)[C@@H](O)[C@H](O)[C@H]4O)[C@H]3O[C@@H]3O[C@@H](CO)[C@@H](O)[C@H](O)[C@H]3O)O[C@H](CO)[C@@H](O)[C@@H]2OC(=O)c2ccccc2)ccc1O. The van der Waals surface area contributed by atoms with E-state index >= 15 is 0 Å². The van der Waals surface area contributed by atoms with E-state index in [9.17, 15) is 90.7 Å². The molecule has 8 rings (SSSR count). The van der Waals surface area contributed by atoms with Gasteiger partial charge in [-0.15, -0.1) is 0 Å². The number of esters is 4. The van der Waals surface area contributed by atoms with Crippen molar-refractivity contribution in [2.24, 2.45) is 0 Å². The monoisotopic (exact) mass is 1280 g/mol. The molecule has 90 heavy (non-hydrogen) atoms. The maximum Gasteiger partial charge on any atom is 0.338 e. The molecule has 32 heteroatoms. The molecule has 0 radical (unpaired) electrons. The highest BCUT2D eigenvalue weighted by atomic mass is 16.8. The van der Waals surface area contributed by atoms with Gasteiger partial charge in [0.2, 0.25) is 12.1 Å². The maximum atomic E-state index is 14.3. The standard InChI is InChI=1S/C58H72O32/c1-25-39(66)43(70)46(73)54(80-25)81-30-14-9-27(10-15-30)12-18-38(65)85-49-36(23-78-26(2)62)84-57(51(87-56-48(75)45(72)41(68)34(21-60)83-56)50(49)86-55-47(74)44(71)40(67)33(20-59)82-55)90-58(24-79-37(64)17-13-28-11-16-31(63)32(19-28)77-3)52(42(69)35(22-61)89-58)88-53(76)29-7-5-4-6-8-29/h4-19,25,33-36,39-52,54-57,59-61,63,66-75H,20-24H2,1-3H3/b17-13+,18-12-/t25-,33+,34-,35+,36+,39-,40+,41+,42+,43+,44-,45-,46-,47+,48+,49+,50-,51+,52-,54-,55-,56-,57+,58-/m0/s1. The molecule has 5 aliphatic heterocycles. The van der Waals surface area contributed by atoms with Crippen molar-refractivity contribution in [3.63, 3.8) is 0 Å². The Morgan fingerprint density at radius 1 is 0.556 bits per heavy atom. The summed E-state index contributed by atoms with van der Waals surface area (Å²) >= 11 is 0. The van der Waals surface area contributed by atoms with Crippen molar-refractivity contribution < 1.29 is 157 Å². The number of aliphatic hydroxyl groups excluding tert-OH is 13. The van der Waals surface area contributed by atoms with Crippen LogP contribution in [0, 0.1) is 0 Å². The van der Waals surface area contributed by atoms with E-state index in [0.29, 0.717) is 5.56 Å². The molecular formula is C58H72O32. The minimum Gasteiger partial charge on any atom is -0.504 e. The van der Waals surface area contributed by atoms with Crippen molar-refractivity contribution in [2.45, 2.75) is 161 Å². The van der Waals surface area contributed by atoms with Crippen molar-refractivity contribution in [3.8, 4) is 17.2 Å². The number of carbonyl (C=O) groups is 4. The van der Waals surface area contributed by atoms with E-state index in [2.05, 4.69) is 0 Å². The summed E-state index contributed by atoms with van der Waals surface area (Å²) in [5.74, 6) is -7.71. The normalized spacial score (nSPS) is 37.1. The molecule has 3 aromatic rings. The average Bonchev–Trinajstić information content (AvgIpc) is 1.41. The number of aliphatic hydroxyl groups is 13. The minimum absolute atomic E-state index is 0.0237. The van der Waals surface area contributed by atoms with Crippen LogP contribution in [0.5, 0.6) is 17.2 Å². The molecule has 0 unspecified atom stereocenters. The lowest BCUT2D eigenvalue weighted by molar-refractivity contribution is -0.421. The van der Waals surface area contributed by atoms with E-state index in [1.54, 1.807) is 6.07 Å². The predicted octanol–water partition coefficient (Wildman–Crippen LogP) is -4.86. The fourth-order valence-corrected chi connectivity index (χ4v) is 10.2. The molecule has 0 aliphatic carbocycles. The predicted molar refractivity (Wildman–Crippen MR) is 293 cm³/mol. The second-order valence-electron chi connectivity index (χ2n) is 21.4. The first kappa shape index (κ1) is 69.5. The molecule has 0 amide bonds. The summed E-state index contributed by atoms with van der Waals surface area (Å²) in [5, 5.41) is 151. The van der Waals surface area contributed by atoms with Crippen LogP contribution in [-0.2, 0) is 71.2 Å². The van der Waals surface area contributed by atoms with Crippen molar-refractivity contribution >= 4 is 36.0 Å². The van der Waals surface area contributed by atoms with Crippen LogP contribution >= 0.6 is 0 Å². The molecule has 5 heterocycles. The van der Waals surface area contributed by atoms with Crippen molar-refractivity contribution in [2.75, 3.05) is 40.1 Å². The van der Waals surface area contributed by atoms with Gasteiger partial charge in [-0.3, -0.25) is 4.79 Å². The highest BCUT2D eigenvalue weighted by Crippen LogP contribution is 2.42. The zero-order chi connectivity index (χ0) is 65.3. The van der Waals surface area contributed by atoms with Gasteiger partial charge in [-0.2, -0.15) is 0 Å². The fraction of sp³-hybridized carbons (Fsp3) is 0.552. The third kappa shape index (κ3) is 16.1. The van der Waals surface area contributed by atoms with Crippen molar-refractivity contribution in [1.82, 2.24) is 0 Å². The summed E-state index contributed by atoms with van der Waals surface area (Å²) < 4.78 is 82.6. The molecule has 5 aliphatic rings. The smallest absolute Gasteiger partial charge is 0.338 e.